The van der Waals surface area contributed by atoms with Crippen LogP contribution in [0.25, 0.3) is 0 Å². The first-order chi connectivity index (χ1) is 17.9. The quantitative estimate of drug-likeness (QED) is 0.374. The summed E-state index contributed by atoms with van der Waals surface area (Å²) in [5, 5.41) is 5.69. The first-order valence-corrected chi connectivity index (χ1v) is 13.9. The van der Waals surface area contributed by atoms with Crippen LogP contribution in [0.4, 0.5) is 4.79 Å². The monoisotopic (exact) mass is 530 g/mol. The summed E-state index contributed by atoms with van der Waals surface area (Å²) in [6.07, 6.45) is 6.10. The van der Waals surface area contributed by atoms with E-state index in [0.29, 0.717) is 12.0 Å². The highest BCUT2D eigenvalue weighted by molar-refractivity contribution is 5.94. The molecule has 4 amide bonds. The van der Waals surface area contributed by atoms with Gasteiger partial charge in [0.15, 0.2) is 0 Å². The van der Waals surface area contributed by atoms with E-state index in [-0.39, 0.29) is 18.5 Å². The SMILES string of the molecule is CCCCN(C(=O)C(CC(N)=O)NC(=O)OC(C)(C)C)C(C(=O)NC1CCCCC1)c1ccc(CC)cc1. The second kappa shape index (κ2) is 14.7. The topological polar surface area (TPSA) is 131 Å². The Labute approximate surface area is 227 Å². The second-order valence-electron chi connectivity index (χ2n) is 11.1. The van der Waals surface area contributed by atoms with Gasteiger partial charge in [0.05, 0.1) is 6.42 Å². The number of primary amides is 1. The third kappa shape index (κ3) is 9.99. The molecule has 0 radical (unpaired) electrons. The highest BCUT2D eigenvalue weighted by Crippen LogP contribution is 2.26. The highest BCUT2D eigenvalue weighted by atomic mass is 16.6. The molecule has 212 valence electrons. The minimum Gasteiger partial charge on any atom is -0.444 e. The number of benzene rings is 1. The fourth-order valence-corrected chi connectivity index (χ4v) is 4.68. The molecule has 0 saturated heterocycles. The van der Waals surface area contributed by atoms with Gasteiger partial charge in [0, 0.05) is 12.6 Å². The Morgan fingerprint density at radius 2 is 1.68 bits per heavy atom. The van der Waals surface area contributed by atoms with Crippen LogP contribution in [0.5, 0.6) is 0 Å². The number of nitrogens with zero attached hydrogens (tertiary/aromatic N) is 1. The minimum absolute atomic E-state index is 0.0538. The summed E-state index contributed by atoms with van der Waals surface area (Å²) in [6.45, 7) is 9.44. The maximum atomic E-state index is 14.0. The standard InChI is InChI=1S/C29H46N4O5/c1-6-8-18-33(27(36)23(19-24(30)34)32-28(37)38-29(3,4)5)25(21-16-14-20(7-2)15-17-21)26(35)31-22-12-10-9-11-13-22/h14-17,22-23,25H,6-13,18-19H2,1-5H3,(H2,30,34)(H,31,35)(H,32,37). The largest absolute Gasteiger partial charge is 0.444 e. The molecule has 0 aromatic heterocycles. The molecule has 0 heterocycles. The van der Waals surface area contributed by atoms with Crippen molar-refractivity contribution in [1.82, 2.24) is 15.5 Å². The van der Waals surface area contributed by atoms with Gasteiger partial charge < -0.3 is 26.0 Å². The molecular formula is C29H46N4O5. The Morgan fingerprint density at radius 3 is 2.21 bits per heavy atom. The molecule has 4 N–H and O–H groups in total. The van der Waals surface area contributed by atoms with Gasteiger partial charge in [0.1, 0.15) is 17.7 Å². The maximum Gasteiger partial charge on any atom is 0.408 e. The predicted octanol–water partition coefficient (Wildman–Crippen LogP) is 4.14. The molecule has 9 heteroatoms. The Morgan fingerprint density at radius 1 is 1.05 bits per heavy atom. The number of carbonyl (C=O) groups is 4. The molecule has 2 unspecified atom stereocenters. The Kier molecular flexibility index (Phi) is 12.1. The molecule has 1 aliphatic carbocycles. The van der Waals surface area contributed by atoms with E-state index >= 15 is 0 Å². The fourth-order valence-electron chi connectivity index (χ4n) is 4.68. The number of hydrogen-bond acceptors (Lipinski definition) is 5. The third-order valence-electron chi connectivity index (χ3n) is 6.65. The van der Waals surface area contributed by atoms with E-state index < -0.39 is 42.0 Å². The molecule has 1 aliphatic rings. The number of amides is 4. The van der Waals surface area contributed by atoms with Crippen LogP contribution in [-0.4, -0.2) is 52.9 Å². The van der Waals surface area contributed by atoms with Crippen LogP contribution in [0.15, 0.2) is 24.3 Å². The smallest absolute Gasteiger partial charge is 0.408 e. The summed E-state index contributed by atoms with van der Waals surface area (Å²) in [6, 6.07) is 5.54. The number of nitrogens with two attached hydrogens (primary N) is 1. The van der Waals surface area contributed by atoms with E-state index in [1.807, 2.05) is 31.2 Å². The summed E-state index contributed by atoms with van der Waals surface area (Å²) in [5.41, 5.74) is 6.45. The zero-order valence-electron chi connectivity index (χ0n) is 23.7. The average molecular weight is 531 g/mol. The van der Waals surface area contributed by atoms with Crippen LogP contribution in [-0.2, 0) is 25.5 Å². The summed E-state index contributed by atoms with van der Waals surface area (Å²) >= 11 is 0. The highest BCUT2D eigenvalue weighted by Gasteiger charge is 2.37. The lowest BCUT2D eigenvalue weighted by molar-refractivity contribution is -0.143. The van der Waals surface area contributed by atoms with Crippen molar-refractivity contribution in [1.29, 1.82) is 0 Å². The lowest BCUT2D eigenvalue weighted by atomic mass is 9.94. The molecule has 0 bridgehead atoms. The molecule has 0 aliphatic heterocycles. The molecule has 38 heavy (non-hydrogen) atoms. The average Bonchev–Trinajstić information content (AvgIpc) is 2.85. The van der Waals surface area contributed by atoms with Crippen molar-refractivity contribution in [2.24, 2.45) is 5.73 Å². The van der Waals surface area contributed by atoms with Crippen LogP contribution in [0.3, 0.4) is 0 Å². The van der Waals surface area contributed by atoms with E-state index in [0.717, 1.165) is 50.5 Å². The molecule has 1 saturated carbocycles. The minimum atomic E-state index is -1.26. The summed E-state index contributed by atoms with van der Waals surface area (Å²) < 4.78 is 5.33. The number of alkyl carbamates (subject to hydrolysis) is 1. The van der Waals surface area contributed by atoms with Gasteiger partial charge in [-0.15, -0.1) is 0 Å². The van der Waals surface area contributed by atoms with Crippen molar-refractivity contribution in [2.75, 3.05) is 6.54 Å². The van der Waals surface area contributed by atoms with Gasteiger partial charge in [0.2, 0.25) is 17.7 Å². The Hall–Kier alpha value is -3.10. The molecule has 2 rings (SSSR count). The lowest BCUT2D eigenvalue weighted by Gasteiger charge is -2.35. The number of hydrogen-bond donors (Lipinski definition) is 3. The van der Waals surface area contributed by atoms with E-state index in [2.05, 4.69) is 17.6 Å². The predicted molar refractivity (Wildman–Crippen MR) is 147 cm³/mol. The van der Waals surface area contributed by atoms with Gasteiger partial charge in [-0.05, 0) is 57.6 Å². The first kappa shape index (κ1) is 31.1. The van der Waals surface area contributed by atoms with E-state index in [1.165, 1.54) is 4.90 Å². The third-order valence-corrected chi connectivity index (χ3v) is 6.65. The number of unbranched alkanes of at least 4 members (excludes halogenated alkanes) is 1. The normalized spacial score (nSPS) is 15.7. The molecule has 9 nitrogen and oxygen atoms in total. The van der Waals surface area contributed by atoms with E-state index in [4.69, 9.17) is 10.5 Å². The number of rotatable bonds is 12. The number of carbonyl (C=O) groups excluding carboxylic acids is 4. The summed E-state index contributed by atoms with van der Waals surface area (Å²) in [5.74, 6) is -1.56. The Balaban J connectivity index is 2.46. The van der Waals surface area contributed by atoms with Crippen molar-refractivity contribution >= 4 is 23.8 Å². The number of aryl methyl sites for hydroxylation is 1. The summed E-state index contributed by atoms with van der Waals surface area (Å²) in [4.78, 5) is 53.8. The van der Waals surface area contributed by atoms with Crippen LogP contribution in [0, 0.1) is 0 Å². The van der Waals surface area contributed by atoms with Gasteiger partial charge in [-0.3, -0.25) is 14.4 Å². The number of nitrogens with one attached hydrogen (secondary N) is 2. The second-order valence-corrected chi connectivity index (χ2v) is 11.1. The molecule has 1 fully saturated rings. The van der Waals surface area contributed by atoms with E-state index in [1.54, 1.807) is 20.8 Å². The lowest BCUT2D eigenvalue weighted by Crippen LogP contribution is -2.55. The van der Waals surface area contributed by atoms with Gasteiger partial charge in [-0.2, -0.15) is 0 Å². The van der Waals surface area contributed by atoms with Gasteiger partial charge in [0.25, 0.3) is 0 Å². The first-order valence-electron chi connectivity index (χ1n) is 13.9. The van der Waals surface area contributed by atoms with Crippen molar-refractivity contribution in [2.45, 2.75) is 116 Å². The van der Waals surface area contributed by atoms with Gasteiger partial charge in [-0.1, -0.05) is 63.8 Å². The molecular weight excluding hydrogens is 484 g/mol. The van der Waals surface area contributed by atoms with Gasteiger partial charge >= 0.3 is 6.09 Å². The van der Waals surface area contributed by atoms with Crippen LogP contribution < -0.4 is 16.4 Å². The summed E-state index contributed by atoms with van der Waals surface area (Å²) in [7, 11) is 0. The zero-order valence-corrected chi connectivity index (χ0v) is 23.7. The van der Waals surface area contributed by atoms with Gasteiger partial charge in [-0.25, -0.2) is 4.79 Å². The number of ether oxygens (including phenoxy) is 1. The molecule has 1 aromatic carbocycles. The van der Waals surface area contributed by atoms with Crippen molar-refractivity contribution in [3.8, 4) is 0 Å². The molecule has 1 aromatic rings. The molecule has 2 atom stereocenters. The fraction of sp³-hybridized carbons (Fsp3) is 0.655. The van der Waals surface area contributed by atoms with Crippen molar-refractivity contribution < 1.29 is 23.9 Å². The zero-order chi connectivity index (χ0) is 28.3. The van der Waals surface area contributed by atoms with Crippen molar-refractivity contribution in [3.05, 3.63) is 35.4 Å². The van der Waals surface area contributed by atoms with Crippen LogP contribution in [0.1, 0.15) is 103 Å². The van der Waals surface area contributed by atoms with Crippen molar-refractivity contribution in [3.63, 3.8) is 0 Å². The maximum absolute atomic E-state index is 14.0. The Bertz CT molecular complexity index is 935. The van der Waals surface area contributed by atoms with E-state index in [9.17, 15) is 19.2 Å². The van der Waals surface area contributed by atoms with Crippen LogP contribution in [0.2, 0.25) is 0 Å². The molecule has 0 spiro atoms. The van der Waals surface area contributed by atoms with Crippen LogP contribution >= 0.6 is 0 Å².